The summed E-state index contributed by atoms with van der Waals surface area (Å²) >= 11 is 0. The van der Waals surface area contributed by atoms with Crippen LogP contribution in [0.2, 0.25) is 0 Å². The van der Waals surface area contributed by atoms with Crippen LogP contribution in [-0.2, 0) is 10.2 Å². The Morgan fingerprint density at radius 3 is 2.42 bits per heavy atom. The van der Waals surface area contributed by atoms with Gasteiger partial charge in [-0.1, -0.05) is 26.0 Å². The van der Waals surface area contributed by atoms with Crippen LogP contribution >= 0.6 is 0 Å². The number of carbonyl (C=O) groups excluding carboxylic acids is 1. The molecule has 1 amide bonds. The second kappa shape index (κ2) is 5.64. The van der Waals surface area contributed by atoms with E-state index in [1.165, 1.54) is 0 Å². The number of hydrogen-bond donors (Lipinski definition) is 1. The molecule has 0 saturated heterocycles. The first-order valence-corrected chi connectivity index (χ1v) is 7.01. The molecule has 3 nitrogen and oxygen atoms in total. The molecule has 1 aliphatic carbocycles. The van der Waals surface area contributed by atoms with Gasteiger partial charge in [-0.25, -0.2) is 0 Å². The van der Waals surface area contributed by atoms with Crippen LogP contribution in [0.3, 0.4) is 0 Å². The molecule has 2 rings (SSSR count). The highest BCUT2D eigenvalue weighted by atomic mass is 16.5. The SMILES string of the molecule is COc1ccc(C2(C(=O)NCCC(C)C)CC2)cc1. The van der Waals surface area contributed by atoms with E-state index in [0.29, 0.717) is 5.92 Å². The van der Waals surface area contributed by atoms with Crippen molar-refractivity contribution in [1.82, 2.24) is 5.32 Å². The molecule has 0 radical (unpaired) electrons. The lowest BCUT2D eigenvalue weighted by atomic mass is 9.95. The number of rotatable bonds is 6. The first-order chi connectivity index (χ1) is 9.08. The summed E-state index contributed by atoms with van der Waals surface area (Å²) < 4.78 is 5.15. The first kappa shape index (κ1) is 13.9. The van der Waals surface area contributed by atoms with Crippen LogP contribution < -0.4 is 10.1 Å². The van der Waals surface area contributed by atoms with Crippen molar-refractivity contribution in [3.8, 4) is 5.75 Å². The fraction of sp³-hybridized carbons (Fsp3) is 0.562. The molecule has 1 saturated carbocycles. The third-order valence-corrected chi connectivity index (χ3v) is 3.83. The zero-order valence-corrected chi connectivity index (χ0v) is 12.0. The number of benzene rings is 1. The quantitative estimate of drug-likeness (QED) is 0.855. The monoisotopic (exact) mass is 261 g/mol. The maximum absolute atomic E-state index is 12.3. The predicted octanol–water partition coefficient (Wildman–Crippen LogP) is 2.89. The molecule has 1 aliphatic rings. The molecule has 0 aliphatic heterocycles. The molecular weight excluding hydrogens is 238 g/mol. The van der Waals surface area contributed by atoms with Crippen molar-refractivity contribution < 1.29 is 9.53 Å². The molecule has 19 heavy (non-hydrogen) atoms. The van der Waals surface area contributed by atoms with Gasteiger partial charge in [-0.15, -0.1) is 0 Å². The van der Waals surface area contributed by atoms with E-state index < -0.39 is 0 Å². The van der Waals surface area contributed by atoms with Gasteiger partial charge in [0.25, 0.3) is 0 Å². The normalized spacial score (nSPS) is 16.2. The van der Waals surface area contributed by atoms with E-state index in [-0.39, 0.29) is 11.3 Å². The largest absolute Gasteiger partial charge is 0.497 e. The fourth-order valence-electron chi connectivity index (χ4n) is 2.33. The van der Waals surface area contributed by atoms with Gasteiger partial charge in [-0.3, -0.25) is 4.79 Å². The highest BCUT2D eigenvalue weighted by Crippen LogP contribution is 2.48. The second-order valence-corrected chi connectivity index (χ2v) is 5.75. The second-order valence-electron chi connectivity index (χ2n) is 5.75. The third kappa shape index (κ3) is 3.09. The molecule has 1 aromatic rings. The Bertz CT molecular complexity index is 433. The van der Waals surface area contributed by atoms with Crippen LogP contribution in [0.25, 0.3) is 0 Å². The Morgan fingerprint density at radius 1 is 1.32 bits per heavy atom. The van der Waals surface area contributed by atoms with Crippen LogP contribution in [0.15, 0.2) is 24.3 Å². The molecule has 3 heteroatoms. The molecule has 0 unspecified atom stereocenters. The number of methoxy groups -OCH3 is 1. The average Bonchev–Trinajstić information content (AvgIpc) is 3.20. The lowest BCUT2D eigenvalue weighted by Crippen LogP contribution is -2.35. The van der Waals surface area contributed by atoms with Gasteiger partial charge in [0.1, 0.15) is 5.75 Å². The summed E-state index contributed by atoms with van der Waals surface area (Å²) in [6, 6.07) is 7.87. The zero-order valence-electron chi connectivity index (χ0n) is 12.0. The van der Waals surface area contributed by atoms with Gasteiger partial charge in [-0.05, 0) is 42.9 Å². The number of amides is 1. The van der Waals surface area contributed by atoms with Crippen molar-refractivity contribution in [3.63, 3.8) is 0 Å². The van der Waals surface area contributed by atoms with E-state index in [4.69, 9.17) is 4.74 Å². The molecule has 0 heterocycles. The molecule has 0 bridgehead atoms. The smallest absolute Gasteiger partial charge is 0.230 e. The summed E-state index contributed by atoms with van der Waals surface area (Å²) in [5.74, 6) is 1.63. The van der Waals surface area contributed by atoms with E-state index in [1.54, 1.807) is 7.11 Å². The van der Waals surface area contributed by atoms with Crippen LogP contribution in [0.4, 0.5) is 0 Å². The van der Waals surface area contributed by atoms with Gasteiger partial charge in [-0.2, -0.15) is 0 Å². The van der Waals surface area contributed by atoms with E-state index in [1.807, 2.05) is 24.3 Å². The molecule has 1 fully saturated rings. The van der Waals surface area contributed by atoms with Crippen LogP contribution in [0, 0.1) is 5.92 Å². The minimum Gasteiger partial charge on any atom is -0.497 e. The molecular formula is C16H23NO2. The van der Waals surface area contributed by atoms with E-state index in [2.05, 4.69) is 19.2 Å². The Labute approximate surface area is 115 Å². The lowest BCUT2D eigenvalue weighted by molar-refractivity contribution is -0.123. The zero-order chi connectivity index (χ0) is 13.9. The van der Waals surface area contributed by atoms with Crippen molar-refractivity contribution in [2.45, 2.75) is 38.5 Å². The Kier molecular flexibility index (Phi) is 4.13. The lowest BCUT2D eigenvalue weighted by Gasteiger charge is -2.16. The summed E-state index contributed by atoms with van der Waals surface area (Å²) in [6.07, 6.45) is 2.93. The number of nitrogens with one attached hydrogen (secondary N) is 1. The third-order valence-electron chi connectivity index (χ3n) is 3.83. The highest BCUT2D eigenvalue weighted by Gasteiger charge is 2.50. The molecule has 0 atom stereocenters. The first-order valence-electron chi connectivity index (χ1n) is 7.01. The van der Waals surface area contributed by atoms with Crippen LogP contribution in [0.1, 0.15) is 38.7 Å². The van der Waals surface area contributed by atoms with Gasteiger partial charge < -0.3 is 10.1 Å². The van der Waals surface area contributed by atoms with Crippen molar-refractivity contribution in [2.24, 2.45) is 5.92 Å². The predicted molar refractivity (Wildman–Crippen MR) is 76.4 cm³/mol. The van der Waals surface area contributed by atoms with Crippen LogP contribution in [-0.4, -0.2) is 19.6 Å². The minimum absolute atomic E-state index is 0.179. The summed E-state index contributed by atoms with van der Waals surface area (Å²) in [5.41, 5.74) is 0.832. The van der Waals surface area contributed by atoms with E-state index in [9.17, 15) is 4.79 Å². The number of hydrogen-bond acceptors (Lipinski definition) is 2. The van der Waals surface area contributed by atoms with Crippen LogP contribution in [0.5, 0.6) is 5.75 Å². The molecule has 0 spiro atoms. The highest BCUT2D eigenvalue weighted by molar-refractivity contribution is 5.91. The fourth-order valence-corrected chi connectivity index (χ4v) is 2.33. The average molecular weight is 261 g/mol. The van der Waals surface area contributed by atoms with E-state index >= 15 is 0 Å². The summed E-state index contributed by atoms with van der Waals surface area (Å²) in [7, 11) is 1.65. The maximum atomic E-state index is 12.3. The van der Waals surface area contributed by atoms with Crippen molar-refractivity contribution >= 4 is 5.91 Å². The van der Waals surface area contributed by atoms with Crippen molar-refractivity contribution in [1.29, 1.82) is 0 Å². The topological polar surface area (TPSA) is 38.3 Å². The van der Waals surface area contributed by atoms with Gasteiger partial charge >= 0.3 is 0 Å². The molecule has 1 N–H and O–H groups in total. The number of ether oxygens (including phenoxy) is 1. The summed E-state index contributed by atoms with van der Waals surface area (Å²) in [5, 5.41) is 3.07. The van der Waals surface area contributed by atoms with Crippen molar-refractivity contribution in [2.75, 3.05) is 13.7 Å². The van der Waals surface area contributed by atoms with Gasteiger partial charge in [0.05, 0.1) is 12.5 Å². The summed E-state index contributed by atoms with van der Waals surface area (Å²) in [6.45, 7) is 5.11. The minimum atomic E-state index is -0.275. The Morgan fingerprint density at radius 2 is 1.95 bits per heavy atom. The Balaban J connectivity index is 1.99. The van der Waals surface area contributed by atoms with Gasteiger partial charge in [0.2, 0.25) is 5.91 Å². The van der Waals surface area contributed by atoms with Gasteiger partial charge in [0.15, 0.2) is 0 Å². The maximum Gasteiger partial charge on any atom is 0.230 e. The standard InChI is InChI=1S/C16H23NO2/c1-12(2)8-11-17-15(18)16(9-10-16)13-4-6-14(19-3)7-5-13/h4-7,12H,8-11H2,1-3H3,(H,17,18). The Hall–Kier alpha value is -1.51. The summed E-state index contributed by atoms with van der Waals surface area (Å²) in [4.78, 5) is 12.3. The van der Waals surface area contributed by atoms with E-state index in [0.717, 1.165) is 37.1 Å². The number of carbonyl (C=O) groups is 1. The molecule has 1 aromatic carbocycles. The van der Waals surface area contributed by atoms with Crippen molar-refractivity contribution in [3.05, 3.63) is 29.8 Å². The molecule has 0 aromatic heterocycles. The van der Waals surface area contributed by atoms with Gasteiger partial charge in [0, 0.05) is 6.54 Å². The molecule has 104 valence electrons.